The summed E-state index contributed by atoms with van der Waals surface area (Å²) < 4.78 is 24.3. The number of nitrogens with one attached hydrogen (secondary N) is 3. The Kier molecular flexibility index (Phi) is 12.0. The van der Waals surface area contributed by atoms with Gasteiger partial charge in [0.25, 0.3) is 11.8 Å². The standard InChI is InChI=1S/C49H48N8O9/c1-55(47(60)25-54-46(59)24-53-45(58)21-50)32-13-28(26-65-43-19-37-35(17-41(43)63-2)48(61)56-33(22-51-37)15-30-8-4-6-10-39(30)56)12-29(14-32)27-66-44-20-38-36(18-42(44)64-3)49(62)57-34(23-52-38)16-31-9-5-7-11-40(31)57/h4-14,17-20,22,33-34,52H,15-16,21,23-27,50H2,1-3H3,(H,53,58)(H,54,59)/t33-,34-/m0/s1. The lowest BCUT2D eigenvalue weighted by Gasteiger charge is -2.23. The van der Waals surface area contributed by atoms with E-state index >= 15 is 0 Å². The third kappa shape index (κ3) is 8.43. The van der Waals surface area contributed by atoms with E-state index in [-0.39, 0.29) is 56.7 Å². The van der Waals surface area contributed by atoms with Crippen LogP contribution < -0.4 is 55.3 Å². The average molecular weight is 893 g/mol. The lowest BCUT2D eigenvalue weighted by atomic mass is 10.1. The molecule has 0 radical (unpaired) electrons. The number of likely N-dealkylation sites (N-methyl/N-ethyl adjacent to an activating group) is 1. The van der Waals surface area contributed by atoms with Crippen LogP contribution >= 0.6 is 0 Å². The van der Waals surface area contributed by atoms with E-state index in [2.05, 4.69) is 16.0 Å². The number of hydrogen-bond acceptors (Lipinski definition) is 12. The third-order valence-electron chi connectivity index (χ3n) is 12.1. The number of amides is 5. The Morgan fingerprint density at radius 2 is 1.35 bits per heavy atom. The molecule has 4 aliphatic heterocycles. The summed E-state index contributed by atoms with van der Waals surface area (Å²) in [6, 6.07) is 27.7. The first-order valence-corrected chi connectivity index (χ1v) is 21.5. The highest BCUT2D eigenvalue weighted by molar-refractivity contribution is 6.15. The van der Waals surface area contributed by atoms with Crippen LogP contribution in [0, 0.1) is 0 Å². The lowest BCUT2D eigenvalue weighted by Crippen LogP contribution is -2.43. The fourth-order valence-electron chi connectivity index (χ4n) is 8.78. The van der Waals surface area contributed by atoms with Crippen LogP contribution in [-0.2, 0) is 40.4 Å². The number of carbonyl (C=O) groups is 5. The summed E-state index contributed by atoms with van der Waals surface area (Å²) in [6.45, 7) is -0.387. The van der Waals surface area contributed by atoms with E-state index in [9.17, 15) is 24.0 Å². The fraction of sp³-hybridized carbons (Fsp3) is 0.265. The molecule has 0 saturated carbocycles. The van der Waals surface area contributed by atoms with Crippen molar-refractivity contribution >= 4 is 64.2 Å². The summed E-state index contributed by atoms with van der Waals surface area (Å²) in [4.78, 5) is 75.2. The van der Waals surface area contributed by atoms with Crippen molar-refractivity contribution < 1.29 is 42.9 Å². The van der Waals surface area contributed by atoms with Crippen LogP contribution in [0.25, 0.3) is 0 Å². The maximum atomic E-state index is 14.0. The number of para-hydroxylation sites is 2. The second-order valence-electron chi connectivity index (χ2n) is 16.3. The van der Waals surface area contributed by atoms with Gasteiger partial charge in [0, 0.05) is 55.4 Å². The van der Waals surface area contributed by atoms with Crippen LogP contribution in [0.2, 0.25) is 0 Å². The minimum atomic E-state index is -0.558. The van der Waals surface area contributed by atoms with Crippen LogP contribution in [0.3, 0.4) is 0 Å². The van der Waals surface area contributed by atoms with Gasteiger partial charge in [-0.05, 0) is 71.1 Å². The Morgan fingerprint density at radius 1 is 0.742 bits per heavy atom. The quantitative estimate of drug-likeness (QED) is 0.124. The molecule has 17 heteroatoms. The number of fused-ring (bicyclic) bond motifs is 8. The van der Waals surface area contributed by atoms with E-state index in [1.165, 1.54) is 19.1 Å². The minimum absolute atomic E-state index is 0.00434. The van der Waals surface area contributed by atoms with E-state index in [0.717, 1.165) is 28.9 Å². The van der Waals surface area contributed by atoms with Crippen molar-refractivity contribution in [2.24, 2.45) is 10.7 Å². The molecule has 2 atom stereocenters. The van der Waals surface area contributed by atoms with Crippen LogP contribution in [0.5, 0.6) is 23.0 Å². The van der Waals surface area contributed by atoms with Gasteiger partial charge >= 0.3 is 0 Å². The van der Waals surface area contributed by atoms with Crippen molar-refractivity contribution in [2.45, 2.75) is 38.1 Å². The lowest BCUT2D eigenvalue weighted by molar-refractivity contribution is -0.126. The topological polar surface area (TPSA) is 206 Å². The van der Waals surface area contributed by atoms with Crippen LogP contribution in [0.15, 0.2) is 96.0 Å². The van der Waals surface area contributed by atoms with E-state index in [1.807, 2.05) is 59.5 Å². The van der Waals surface area contributed by atoms with Gasteiger partial charge in [-0.1, -0.05) is 36.4 Å². The van der Waals surface area contributed by atoms with Crippen molar-refractivity contribution in [3.63, 3.8) is 0 Å². The number of carbonyl (C=O) groups excluding carboxylic acids is 5. The predicted octanol–water partition coefficient (Wildman–Crippen LogP) is 4.30. The molecule has 0 aromatic heterocycles. The van der Waals surface area contributed by atoms with Crippen LogP contribution in [0.4, 0.5) is 28.4 Å². The fourth-order valence-corrected chi connectivity index (χ4v) is 8.78. The van der Waals surface area contributed by atoms with Crippen molar-refractivity contribution in [2.75, 3.05) is 67.5 Å². The van der Waals surface area contributed by atoms with Crippen LogP contribution in [-0.4, -0.2) is 95.3 Å². The SMILES string of the molecule is COc1cc2c(cc1OCc1cc(COc3cc4c(cc3OC)C(=O)N3c5ccccc5C[C@H]3CN4)cc(N(C)C(=O)CNC(=O)CNC(=O)CN)c1)N=C[C@@H]1Cc3ccccc3N1C2=O. The highest BCUT2D eigenvalue weighted by atomic mass is 16.5. The number of aliphatic imine (C=N–C) groups is 1. The predicted molar refractivity (Wildman–Crippen MR) is 248 cm³/mol. The summed E-state index contributed by atoms with van der Waals surface area (Å²) in [6.07, 6.45) is 3.18. The molecule has 66 heavy (non-hydrogen) atoms. The first kappa shape index (κ1) is 43.3. The smallest absolute Gasteiger partial charge is 0.261 e. The zero-order valence-electron chi connectivity index (χ0n) is 36.6. The monoisotopic (exact) mass is 892 g/mol. The molecular weight excluding hydrogens is 845 g/mol. The Morgan fingerprint density at radius 3 is 2.03 bits per heavy atom. The molecule has 17 nitrogen and oxygen atoms in total. The van der Waals surface area contributed by atoms with E-state index in [4.69, 9.17) is 29.7 Å². The number of nitrogens with two attached hydrogens (primary N) is 1. The number of anilines is 4. The third-order valence-corrected chi connectivity index (χ3v) is 12.1. The van der Waals surface area contributed by atoms with E-state index < -0.39 is 17.7 Å². The molecular formula is C49H48N8O9. The summed E-state index contributed by atoms with van der Waals surface area (Å²) in [5.74, 6) is -0.387. The molecule has 4 heterocycles. The number of methoxy groups -OCH3 is 2. The molecule has 4 aliphatic rings. The molecule has 0 bridgehead atoms. The van der Waals surface area contributed by atoms with Crippen molar-refractivity contribution in [3.8, 4) is 23.0 Å². The second-order valence-corrected chi connectivity index (χ2v) is 16.3. The minimum Gasteiger partial charge on any atom is -0.493 e. The van der Waals surface area contributed by atoms with Gasteiger partial charge in [-0.15, -0.1) is 0 Å². The van der Waals surface area contributed by atoms with Gasteiger partial charge in [0.15, 0.2) is 23.0 Å². The molecule has 5 amide bonds. The largest absolute Gasteiger partial charge is 0.493 e. The first-order chi connectivity index (χ1) is 32.0. The Balaban J connectivity index is 0.971. The normalized spacial score (nSPS) is 16.2. The van der Waals surface area contributed by atoms with Gasteiger partial charge in [-0.3, -0.25) is 33.9 Å². The number of benzene rings is 5. The average Bonchev–Trinajstić information content (AvgIpc) is 3.83. The molecule has 0 spiro atoms. The van der Waals surface area contributed by atoms with Crippen molar-refractivity contribution in [3.05, 3.63) is 124 Å². The highest BCUT2D eigenvalue weighted by Gasteiger charge is 2.39. The summed E-state index contributed by atoms with van der Waals surface area (Å²) in [5.41, 5.74) is 12.9. The van der Waals surface area contributed by atoms with Gasteiger partial charge in [0.2, 0.25) is 17.7 Å². The summed E-state index contributed by atoms with van der Waals surface area (Å²) in [7, 11) is 4.59. The second kappa shape index (κ2) is 18.3. The zero-order chi connectivity index (χ0) is 46.1. The van der Waals surface area contributed by atoms with Gasteiger partial charge in [-0.25, -0.2) is 0 Å². The summed E-state index contributed by atoms with van der Waals surface area (Å²) in [5, 5.41) is 8.36. The molecule has 5 aromatic carbocycles. The first-order valence-electron chi connectivity index (χ1n) is 21.5. The van der Waals surface area contributed by atoms with Crippen LogP contribution in [0.1, 0.15) is 43.0 Å². The number of nitrogens with zero attached hydrogens (tertiary/aromatic N) is 4. The molecule has 5 N–H and O–H groups in total. The molecule has 0 unspecified atom stereocenters. The Hall–Kier alpha value is -7.92. The Bertz CT molecular complexity index is 2810. The molecule has 9 rings (SSSR count). The maximum absolute atomic E-state index is 14.0. The molecule has 0 aliphatic carbocycles. The zero-order valence-corrected chi connectivity index (χ0v) is 36.6. The molecule has 338 valence electrons. The Labute approximate surface area is 380 Å². The molecule has 0 fully saturated rings. The van der Waals surface area contributed by atoms with Gasteiger partial charge in [-0.2, -0.15) is 0 Å². The van der Waals surface area contributed by atoms with Gasteiger partial charge in [0.05, 0.1) is 68.4 Å². The number of hydrogen-bond donors (Lipinski definition) is 4. The van der Waals surface area contributed by atoms with Crippen molar-refractivity contribution in [1.29, 1.82) is 0 Å². The molecule has 5 aromatic rings. The highest BCUT2D eigenvalue weighted by Crippen LogP contribution is 2.43. The van der Waals surface area contributed by atoms with Crippen molar-refractivity contribution in [1.82, 2.24) is 10.6 Å². The van der Waals surface area contributed by atoms with E-state index in [1.54, 1.807) is 54.6 Å². The number of rotatable bonds is 14. The number of ether oxygens (including phenoxy) is 4. The van der Waals surface area contributed by atoms with Gasteiger partial charge in [0.1, 0.15) is 13.2 Å². The summed E-state index contributed by atoms with van der Waals surface area (Å²) >= 11 is 0. The maximum Gasteiger partial charge on any atom is 0.261 e. The van der Waals surface area contributed by atoms with E-state index in [0.29, 0.717) is 75.3 Å². The molecule has 0 saturated heterocycles. The van der Waals surface area contributed by atoms with Gasteiger partial charge < -0.3 is 50.4 Å².